The SMILES string of the molecule is Cc1nn(C)c(C)c1[C@H](C)C(=O)N(C[C@@H]1CCOC1)c1ccccc1. The average Bonchev–Trinajstić information content (AvgIpc) is 3.21. The number of nitrogens with zero attached hydrogens (tertiary/aromatic N) is 3. The monoisotopic (exact) mass is 341 g/mol. The number of amides is 1. The summed E-state index contributed by atoms with van der Waals surface area (Å²) in [5, 5.41) is 4.48. The Morgan fingerprint density at radius 3 is 2.64 bits per heavy atom. The lowest BCUT2D eigenvalue weighted by Gasteiger charge is -2.28. The van der Waals surface area contributed by atoms with Gasteiger partial charge in [-0.3, -0.25) is 9.48 Å². The van der Waals surface area contributed by atoms with E-state index in [9.17, 15) is 4.79 Å². The Bertz CT molecular complexity index is 733. The molecule has 2 atom stereocenters. The fraction of sp³-hybridized carbons (Fsp3) is 0.500. The van der Waals surface area contributed by atoms with Crippen molar-refractivity contribution in [1.82, 2.24) is 9.78 Å². The Morgan fingerprint density at radius 1 is 1.36 bits per heavy atom. The maximum Gasteiger partial charge on any atom is 0.234 e. The first-order valence-corrected chi connectivity index (χ1v) is 8.93. The van der Waals surface area contributed by atoms with Crippen LogP contribution >= 0.6 is 0 Å². The Kier molecular flexibility index (Phi) is 5.23. The molecule has 0 radical (unpaired) electrons. The number of aromatic nitrogens is 2. The number of benzene rings is 1. The Labute approximate surface area is 149 Å². The first-order chi connectivity index (χ1) is 12.0. The highest BCUT2D eigenvalue weighted by atomic mass is 16.5. The van der Waals surface area contributed by atoms with Crippen LogP contribution in [0.15, 0.2) is 30.3 Å². The minimum absolute atomic E-state index is 0.123. The molecular formula is C20H27N3O2. The zero-order chi connectivity index (χ0) is 18.0. The highest BCUT2D eigenvalue weighted by Gasteiger charge is 2.30. The van der Waals surface area contributed by atoms with Crippen molar-refractivity contribution in [3.8, 4) is 0 Å². The van der Waals surface area contributed by atoms with Crippen molar-refractivity contribution >= 4 is 11.6 Å². The smallest absolute Gasteiger partial charge is 0.234 e. The number of para-hydroxylation sites is 1. The van der Waals surface area contributed by atoms with Gasteiger partial charge in [-0.1, -0.05) is 18.2 Å². The summed E-state index contributed by atoms with van der Waals surface area (Å²) < 4.78 is 7.36. The number of carbonyl (C=O) groups excluding carboxylic acids is 1. The molecular weight excluding hydrogens is 314 g/mol. The van der Waals surface area contributed by atoms with E-state index >= 15 is 0 Å². The summed E-state index contributed by atoms with van der Waals surface area (Å²) in [5.41, 5.74) is 3.97. The van der Waals surface area contributed by atoms with Gasteiger partial charge in [0.15, 0.2) is 0 Å². The summed E-state index contributed by atoms with van der Waals surface area (Å²) in [5.74, 6) is 0.293. The quantitative estimate of drug-likeness (QED) is 0.839. The van der Waals surface area contributed by atoms with Gasteiger partial charge in [-0.2, -0.15) is 5.10 Å². The van der Waals surface area contributed by atoms with Gasteiger partial charge in [0.05, 0.1) is 18.2 Å². The number of ether oxygens (including phenoxy) is 1. The Balaban J connectivity index is 1.90. The summed E-state index contributed by atoms with van der Waals surface area (Å²) in [6, 6.07) is 9.94. The molecule has 5 nitrogen and oxygen atoms in total. The minimum Gasteiger partial charge on any atom is -0.381 e. The van der Waals surface area contributed by atoms with E-state index in [1.807, 2.05) is 67.7 Å². The van der Waals surface area contributed by atoms with Gasteiger partial charge in [0.1, 0.15) is 0 Å². The van der Waals surface area contributed by atoms with E-state index in [0.29, 0.717) is 12.5 Å². The topological polar surface area (TPSA) is 47.4 Å². The summed E-state index contributed by atoms with van der Waals surface area (Å²) in [6.45, 7) is 8.21. The van der Waals surface area contributed by atoms with E-state index in [0.717, 1.165) is 42.3 Å². The molecule has 25 heavy (non-hydrogen) atoms. The third-order valence-electron chi connectivity index (χ3n) is 5.17. The number of hydrogen-bond donors (Lipinski definition) is 0. The van der Waals surface area contributed by atoms with Crippen LogP contribution in [0, 0.1) is 19.8 Å². The second-order valence-corrected chi connectivity index (χ2v) is 6.94. The average molecular weight is 341 g/mol. The maximum atomic E-state index is 13.4. The van der Waals surface area contributed by atoms with Crippen LogP contribution in [0.5, 0.6) is 0 Å². The predicted octanol–water partition coefficient (Wildman–Crippen LogP) is 3.21. The molecule has 0 spiro atoms. The van der Waals surface area contributed by atoms with Gasteiger partial charge in [-0.15, -0.1) is 0 Å². The second kappa shape index (κ2) is 7.40. The van der Waals surface area contributed by atoms with Crippen LogP contribution in [-0.4, -0.2) is 35.4 Å². The number of hydrogen-bond acceptors (Lipinski definition) is 3. The van der Waals surface area contributed by atoms with Crippen LogP contribution in [0.4, 0.5) is 5.69 Å². The molecule has 0 unspecified atom stereocenters. The molecule has 0 N–H and O–H groups in total. The molecule has 1 aromatic heterocycles. The highest BCUT2D eigenvalue weighted by molar-refractivity contribution is 5.98. The Hall–Kier alpha value is -2.14. The summed E-state index contributed by atoms with van der Waals surface area (Å²) >= 11 is 0. The number of aryl methyl sites for hydroxylation is 2. The van der Waals surface area contributed by atoms with Crippen molar-refractivity contribution < 1.29 is 9.53 Å². The number of carbonyl (C=O) groups is 1. The van der Waals surface area contributed by atoms with Gasteiger partial charge >= 0.3 is 0 Å². The summed E-state index contributed by atoms with van der Waals surface area (Å²) in [7, 11) is 1.92. The number of anilines is 1. The van der Waals surface area contributed by atoms with E-state index < -0.39 is 0 Å². The van der Waals surface area contributed by atoms with E-state index in [1.54, 1.807) is 0 Å². The molecule has 0 saturated carbocycles. The lowest BCUT2D eigenvalue weighted by molar-refractivity contribution is -0.119. The van der Waals surface area contributed by atoms with Crippen molar-refractivity contribution in [2.75, 3.05) is 24.7 Å². The zero-order valence-corrected chi connectivity index (χ0v) is 15.5. The van der Waals surface area contributed by atoms with E-state index in [1.165, 1.54) is 0 Å². The van der Waals surface area contributed by atoms with Crippen LogP contribution < -0.4 is 4.90 Å². The third-order valence-corrected chi connectivity index (χ3v) is 5.17. The predicted molar refractivity (Wildman–Crippen MR) is 98.8 cm³/mol. The first-order valence-electron chi connectivity index (χ1n) is 8.93. The van der Waals surface area contributed by atoms with Crippen LogP contribution in [0.3, 0.4) is 0 Å². The van der Waals surface area contributed by atoms with Gasteiger partial charge in [-0.25, -0.2) is 0 Å². The molecule has 5 heteroatoms. The normalized spacial score (nSPS) is 18.3. The standard InChI is InChI=1S/C20H27N3O2/c1-14(19-15(2)21-22(4)16(19)3)20(24)23(12-17-10-11-25-13-17)18-8-6-5-7-9-18/h5-9,14,17H,10-13H2,1-4H3/t14-,17-/m0/s1. The molecule has 1 saturated heterocycles. The van der Waals surface area contributed by atoms with Crippen LogP contribution in [0.1, 0.15) is 36.2 Å². The largest absolute Gasteiger partial charge is 0.381 e. The molecule has 1 aliphatic heterocycles. The summed E-state index contributed by atoms with van der Waals surface area (Å²) in [4.78, 5) is 15.3. The van der Waals surface area contributed by atoms with Crippen molar-refractivity contribution in [3.63, 3.8) is 0 Å². The van der Waals surface area contributed by atoms with Crippen molar-refractivity contribution in [2.45, 2.75) is 33.1 Å². The highest BCUT2D eigenvalue weighted by Crippen LogP contribution is 2.28. The second-order valence-electron chi connectivity index (χ2n) is 6.94. The fourth-order valence-electron chi connectivity index (χ4n) is 3.69. The molecule has 1 aromatic carbocycles. The van der Waals surface area contributed by atoms with Crippen LogP contribution in [0.2, 0.25) is 0 Å². The van der Waals surface area contributed by atoms with E-state index in [2.05, 4.69) is 5.10 Å². The molecule has 1 amide bonds. The van der Waals surface area contributed by atoms with Crippen molar-refractivity contribution in [3.05, 3.63) is 47.3 Å². The minimum atomic E-state index is -0.226. The van der Waals surface area contributed by atoms with Gasteiger partial charge in [-0.05, 0) is 39.3 Å². The van der Waals surface area contributed by atoms with Crippen molar-refractivity contribution in [2.24, 2.45) is 13.0 Å². The van der Waals surface area contributed by atoms with Gasteiger partial charge in [0, 0.05) is 43.1 Å². The third kappa shape index (κ3) is 3.61. The molecule has 1 fully saturated rings. The van der Waals surface area contributed by atoms with Crippen molar-refractivity contribution in [1.29, 1.82) is 0 Å². The fourth-order valence-corrected chi connectivity index (χ4v) is 3.69. The first kappa shape index (κ1) is 17.7. The lowest BCUT2D eigenvalue weighted by Crippen LogP contribution is -2.38. The molecule has 1 aliphatic rings. The Morgan fingerprint density at radius 2 is 2.08 bits per heavy atom. The molecule has 0 bridgehead atoms. The van der Waals surface area contributed by atoms with E-state index in [-0.39, 0.29) is 11.8 Å². The van der Waals surface area contributed by atoms with Crippen LogP contribution in [-0.2, 0) is 16.6 Å². The van der Waals surface area contributed by atoms with E-state index in [4.69, 9.17) is 4.74 Å². The molecule has 0 aliphatic carbocycles. The molecule has 3 rings (SSSR count). The number of rotatable bonds is 5. The maximum absolute atomic E-state index is 13.4. The zero-order valence-electron chi connectivity index (χ0n) is 15.5. The lowest BCUT2D eigenvalue weighted by atomic mass is 9.96. The molecule has 2 heterocycles. The van der Waals surface area contributed by atoms with Gasteiger partial charge in [0.2, 0.25) is 5.91 Å². The van der Waals surface area contributed by atoms with Gasteiger partial charge < -0.3 is 9.64 Å². The molecule has 134 valence electrons. The van der Waals surface area contributed by atoms with Crippen LogP contribution in [0.25, 0.3) is 0 Å². The summed E-state index contributed by atoms with van der Waals surface area (Å²) in [6.07, 6.45) is 1.01. The molecule has 2 aromatic rings. The van der Waals surface area contributed by atoms with Gasteiger partial charge in [0.25, 0.3) is 0 Å².